The Kier molecular flexibility index (Phi) is 3.87. The van der Waals surface area contributed by atoms with Gasteiger partial charge in [-0.2, -0.15) is 0 Å². The normalized spacial score (nSPS) is 20.6. The standard InChI is InChI=1S/C13H14ClNO3/c1-2-18-13(16)9-5-8-6-10(14)3-4-11(8)12(7-9)15-17/h3-4,6,9,17H,2,5,7H2,1H3/b15-12+. The molecule has 1 N–H and O–H groups in total. The molecular formula is C13H14ClNO3. The van der Waals surface area contributed by atoms with Crippen LogP contribution in [0.1, 0.15) is 24.5 Å². The highest BCUT2D eigenvalue weighted by atomic mass is 35.5. The molecule has 96 valence electrons. The molecule has 1 atom stereocenters. The Bertz CT molecular complexity index is 499. The van der Waals surface area contributed by atoms with E-state index in [1.54, 1.807) is 19.1 Å². The van der Waals surface area contributed by atoms with E-state index in [9.17, 15) is 4.79 Å². The highest BCUT2D eigenvalue weighted by molar-refractivity contribution is 6.30. The molecule has 18 heavy (non-hydrogen) atoms. The maximum Gasteiger partial charge on any atom is 0.309 e. The summed E-state index contributed by atoms with van der Waals surface area (Å²) in [5.74, 6) is -0.564. The van der Waals surface area contributed by atoms with Crippen molar-refractivity contribution in [3.8, 4) is 0 Å². The van der Waals surface area contributed by atoms with Gasteiger partial charge >= 0.3 is 5.97 Å². The first-order valence-electron chi connectivity index (χ1n) is 5.82. The van der Waals surface area contributed by atoms with Crippen LogP contribution in [0.5, 0.6) is 0 Å². The SMILES string of the molecule is CCOC(=O)C1C/C(=N\O)c2ccc(Cl)cc2C1. The van der Waals surface area contributed by atoms with E-state index in [4.69, 9.17) is 21.5 Å². The van der Waals surface area contributed by atoms with Crippen molar-refractivity contribution in [2.75, 3.05) is 6.61 Å². The van der Waals surface area contributed by atoms with Crippen LogP contribution in [0.4, 0.5) is 0 Å². The van der Waals surface area contributed by atoms with Crippen LogP contribution in [0.2, 0.25) is 5.02 Å². The zero-order valence-corrected chi connectivity index (χ0v) is 10.8. The summed E-state index contributed by atoms with van der Waals surface area (Å²) in [6, 6.07) is 5.36. The van der Waals surface area contributed by atoms with Gasteiger partial charge in [0.2, 0.25) is 0 Å². The van der Waals surface area contributed by atoms with Gasteiger partial charge in [0.25, 0.3) is 0 Å². The number of fused-ring (bicyclic) bond motifs is 1. The van der Waals surface area contributed by atoms with Gasteiger partial charge in [-0.25, -0.2) is 0 Å². The summed E-state index contributed by atoms with van der Waals surface area (Å²) in [4.78, 5) is 11.8. The van der Waals surface area contributed by atoms with Gasteiger partial charge in [0.15, 0.2) is 0 Å². The Morgan fingerprint density at radius 3 is 3.00 bits per heavy atom. The third kappa shape index (κ3) is 2.48. The summed E-state index contributed by atoms with van der Waals surface area (Å²) in [6.07, 6.45) is 0.956. The Labute approximate surface area is 110 Å². The van der Waals surface area contributed by atoms with Crippen molar-refractivity contribution in [3.63, 3.8) is 0 Å². The van der Waals surface area contributed by atoms with Gasteiger partial charge in [0, 0.05) is 17.0 Å². The van der Waals surface area contributed by atoms with E-state index in [1.807, 2.05) is 6.07 Å². The van der Waals surface area contributed by atoms with E-state index in [0.29, 0.717) is 30.2 Å². The number of ether oxygens (including phenoxy) is 1. The molecule has 5 heteroatoms. The maximum absolute atomic E-state index is 11.8. The van der Waals surface area contributed by atoms with Crippen molar-refractivity contribution in [2.45, 2.75) is 19.8 Å². The van der Waals surface area contributed by atoms with E-state index >= 15 is 0 Å². The van der Waals surface area contributed by atoms with Gasteiger partial charge in [-0.3, -0.25) is 4.79 Å². The van der Waals surface area contributed by atoms with Crippen LogP contribution >= 0.6 is 11.6 Å². The minimum absolute atomic E-state index is 0.260. The number of hydrogen-bond acceptors (Lipinski definition) is 4. The van der Waals surface area contributed by atoms with Gasteiger partial charge in [0.05, 0.1) is 18.2 Å². The third-order valence-corrected chi connectivity index (χ3v) is 3.26. The molecule has 0 fully saturated rings. The molecule has 0 saturated carbocycles. The van der Waals surface area contributed by atoms with Gasteiger partial charge in [0.1, 0.15) is 0 Å². The van der Waals surface area contributed by atoms with Gasteiger partial charge in [-0.15, -0.1) is 0 Å². The van der Waals surface area contributed by atoms with E-state index in [2.05, 4.69) is 5.16 Å². The van der Waals surface area contributed by atoms with Crippen LogP contribution in [-0.2, 0) is 16.0 Å². The number of oxime groups is 1. The fourth-order valence-corrected chi connectivity index (χ4v) is 2.41. The first-order valence-corrected chi connectivity index (χ1v) is 6.19. The molecule has 1 aromatic rings. The second-order valence-electron chi connectivity index (χ2n) is 4.21. The Balaban J connectivity index is 2.32. The molecule has 1 aromatic carbocycles. The molecule has 1 aliphatic carbocycles. The van der Waals surface area contributed by atoms with Crippen molar-refractivity contribution in [1.29, 1.82) is 0 Å². The Hall–Kier alpha value is -1.55. The van der Waals surface area contributed by atoms with Crippen LogP contribution in [-0.4, -0.2) is 23.5 Å². The summed E-state index contributed by atoms with van der Waals surface area (Å²) in [6.45, 7) is 2.12. The number of nitrogens with zero attached hydrogens (tertiary/aromatic N) is 1. The second-order valence-corrected chi connectivity index (χ2v) is 4.64. The molecule has 0 bridgehead atoms. The largest absolute Gasteiger partial charge is 0.466 e. The van der Waals surface area contributed by atoms with Crippen LogP contribution in [0.15, 0.2) is 23.4 Å². The lowest BCUT2D eigenvalue weighted by molar-refractivity contribution is -0.147. The number of esters is 1. The van der Waals surface area contributed by atoms with Crippen LogP contribution in [0.3, 0.4) is 0 Å². The highest BCUT2D eigenvalue weighted by Gasteiger charge is 2.30. The maximum atomic E-state index is 11.8. The van der Waals surface area contributed by atoms with Crippen molar-refractivity contribution < 1.29 is 14.7 Å². The summed E-state index contributed by atoms with van der Waals surface area (Å²) >= 11 is 5.94. The molecule has 1 unspecified atom stereocenters. The Morgan fingerprint density at radius 2 is 2.33 bits per heavy atom. The van der Waals surface area contributed by atoms with Crippen molar-refractivity contribution >= 4 is 23.3 Å². The molecule has 2 rings (SSSR count). The fourth-order valence-electron chi connectivity index (χ4n) is 2.22. The number of carbonyl (C=O) groups is 1. The summed E-state index contributed by atoms with van der Waals surface area (Å²) < 4.78 is 5.01. The summed E-state index contributed by atoms with van der Waals surface area (Å²) in [5.41, 5.74) is 2.27. The van der Waals surface area contributed by atoms with Crippen molar-refractivity contribution in [2.24, 2.45) is 11.1 Å². The zero-order chi connectivity index (χ0) is 13.1. The van der Waals surface area contributed by atoms with Crippen molar-refractivity contribution in [3.05, 3.63) is 34.3 Å². The predicted molar refractivity (Wildman–Crippen MR) is 68.2 cm³/mol. The minimum Gasteiger partial charge on any atom is -0.466 e. The lowest BCUT2D eigenvalue weighted by atomic mass is 9.82. The van der Waals surface area contributed by atoms with E-state index in [-0.39, 0.29) is 11.9 Å². The van der Waals surface area contributed by atoms with E-state index in [1.165, 1.54) is 0 Å². The zero-order valence-electron chi connectivity index (χ0n) is 10.0. The second kappa shape index (κ2) is 5.40. The molecule has 4 nitrogen and oxygen atoms in total. The first-order chi connectivity index (χ1) is 8.65. The number of rotatable bonds is 2. The average molecular weight is 268 g/mol. The molecule has 0 radical (unpaired) electrons. The lowest BCUT2D eigenvalue weighted by Gasteiger charge is -2.23. The monoisotopic (exact) mass is 267 g/mol. The predicted octanol–water partition coefficient (Wildman–Crippen LogP) is 2.64. The quantitative estimate of drug-likeness (QED) is 0.509. The number of hydrogen-bond donors (Lipinski definition) is 1. The number of benzene rings is 1. The summed E-state index contributed by atoms with van der Waals surface area (Å²) in [7, 11) is 0. The van der Waals surface area contributed by atoms with Gasteiger partial charge < -0.3 is 9.94 Å². The highest BCUT2D eigenvalue weighted by Crippen LogP contribution is 2.29. The number of carbonyl (C=O) groups excluding carboxylic acids is 1. The number of halogens is 1. The van der Waals surface area contributed by atoms with Crippen LogP contribution in [0, 0.1) is 5.92 Å². The topological polar surface area (TPSA) is 58.9 Å². The van der Waals surface area contributed by atoms with Gasteiger partial charge in [-0.05, 0) is 31.0 Å². The van der Waals surface area contributed by atoms with E-state index in [0.717, 1.165) is 11.1 Å². The lowest BCUT2D eigenvalue weighted by Crippen LogP contribution is -2.28. The van der Waals surface area contributed by atoms with Crippen LogP contribution < -0.4 is 0 Å². The van der Waals surface area contributed by atoms with Gasteiger partial charge in [-0.1, -0.05) is 22.8 Å². The molecular weight excluding hydrogens is 254 g/mol. The van der Waals surface area contributed by atoms with E-state index < -0.39 is 0 Å². The molecule has 0 heterocycles. The molecule has 0 spiro atoms. The van der Waals surface area contributed by atoms with Crippen molar-refractivity contribution in [1.82, 2.24) is 0 Å². The minimum atomic E-state index is -0.304. The summed E-state index contributed by atoms with van der Waals surface area (Å²) in [5, 5.41) is 12.9. The smallest absolute Gasteiger partial charge is 0.309 e. The molecule has 0 saturated heterocycles. The molecule has 0 aromatic heterocycles. The Morgan fingerprint density at radius 1 is 1.56 bits per heavy atom. The molecule has 0 amide bonds. The average Bonchev–Trinajstić information content (AvgIpc) is 2.37. The molecule has 1 aliphatic rings. The fraction of sp³-hybridized carbons (Fsp3) is 0.385. The molecule has 0 aliphatic heterocycles. The third-order valence-electron chi connectivity index (χ3n) is 3.02. The van der Waals surface area contributed by atoms with Crippen LogP contribution in [0.25, 0.3) is 0 Å². The first kappa shape index (κ1) is 12.9.